The molecule has 2 aliphatic rings. The average Bonchev–Trinajstić information content (AvgIpc) is 2.88. The molecule has 2 rings (SSSR count). The molecule has 0 N–H and O–H groups in total. The molecule has 0 aliphatic carbocycles. The van der Waals surface area contributed by atoms with E-state index in [1.165, 1.54) is 25.7 Å². The first kappa shape index (κ1) is 13.6. The Morgan fingerprint density at radius 2 is 1.94 bits per heavy atom. The summed E-state index contributed by atoms with van der Waals surface area (Å²) in [6.07, 6.45) is 7.30. The Morgan fingerprint density at radius 1 is 1.17 bits per heavy atom. The van der Waals surface area contributed by atoms with Gasteiger partial charge in [-0.3, -0.25) is 0 Å². The van der Waals surface area contributed by atoms with Crippen molar-refractivity contribution in [3.05, 3.63) is 11.1 Å². The molecule has 1 atom stereocenters. The van der Waals surface area contributed by atoms with E-state index in [1.807, 2.05) is 0 Å². The van der Waals surface area contributed by atoms with Crippen LogP contribution in [0.15, 0.2) is 11.1 Å². The molecule has 3 nitrogen and oxygen atoms in total. The molecule has 0 aromatic carbocycles. The molecule has 18 heavy (non-hydrogen) atoms. The second-order valence-electron chi connectivity index (χ2n) is 5.78. The molecule has 102 valence electrons. The molecular formula is C15H24O3. The summed E-state index contributed by atoms with van der Waals surface area (Å²) in [6.45, 7) is 5.59. The third-order valence-electron chi connectivity index (χ3n) is 3.76. The van der Waals surface area contributed by atoms with Crippen LogP contribution in [0.1, 0.15) is 52.4 Å². The Morgan fingerprint density at radius 3 is 2.72 bits per heavy atom. The highest BCUT2D eigenvalue weighted by atomic mass is 16.6. The highest BCUT2D eigenvalue weighted by Crippen LogP contribution is 2.30. The van der Waals surface area contributed by atoms with Crippen LogP contribution in [0.3, 0.4) is 0 Å². The number of carbonyl (C=O) groups is 1. The van der Waals surface area contributed by atoms with E-state index in [0.29, 0.717) is 13.2 Å². The highest BCUT2D eigenvalue weighted by molar-refractivity contribution is 5.93. The van der Waals surface area contributed by atoms with Gasteiger partial charge >= 0.3 is 5.97 Å². The lowest BCUT2D eigenvalue weighted by atomic mass is 10.00. The lowest BCUT2D eigenvalue weighted by Gasteiger charge is -2.12. The zero-order valence-electron chi connectivity index (χ0n) is 11.5. The zero-order valence-corrected chi connectivity index (χ0v) is 11.5. The monoisotopic (exact) mass is 252 g/mol. The summed E-state index contributed by atoms with van der Waals surface area (Å²) in [7, 11) is 0. The molecule has 0 saturated carbocycles. The first-order chi connectivity index (χ1) is 8.68. The molecule has 1 unspecified atom stereocenters. The van der Waals surface area contributed by atoms with Crippen LogP contribution < -0.4 is 0 Å². The minimum absolute atomic E-state index is 0.0140. The summed E-state index contributed by atoms with van der Waals surface area (Å²) in [6, 6.07) is 0. The molecule has 2 heterocycles. The van der Waals surface area contributed by atoms with E-state index >= 15 is 0 Å². The van der Waals surface area contributed by atoms with E-state index in [2.05, 4.69) is 13.8 Å². The van der Waals surface area contributed by atoms with Crippen LogP contribution in [-0.4, -0.2) is 25.3 Å². The molecule has 0 amide bonds. The van der Waals surface area contributed by atoms with Crippen LogP contribution >= 0.6 is 0 Å². The van der Waals surface area contributed by atoms with Gasteiger partial charge in [-0.15, -0.1) is 0 Å². The van der Waals surface area contributed by atoms with E-state index < -0.39 is 0 Å². The molecule has 0 aromatic heterocycles. The zero-order chi connectivity index (χ0) is 13.0. The molecule has 0 aromatic rings. The Hall–Kier alpha value is -0.830. The van der Waals surface area contributed by atoms with Gasteiger partial charge in [0, 0.05) is 5.57 Å². The molecule has 3 heteroatoms. The number of hydrogen-bond acceptors (Lipinski definition) is 3. The Balaban J connectivity index is 1.62. The smallest absolute Gasteiger partial charge is 0.337 e. The van der Waals surface area contributed by atoms with Crippen LogP contribution in [0.4, 0.5) is 0 Å². The van der Waals surface area contributed by atoms with Crippen LogP contribution in [0, 0.1) is 5.92 Å². The van der Waals surface area contributed by atoms with Gasteiger partial charge in [-0.25, -0.2) is 4.79 Å². The third kappa shape index (κ3) is 3.35. The van der Waals surface area contributed by atoms with Crippen LogP contribution in [0.25, 0.3) is 0 Å². The predicted molar refractivity (Wildman–Crippen MR) is 70.3 cm³/mol. The summed E-state index contributed by atoms with van der Waals surface area (Å²) >= 11 is 0. The third-order valence-corrected chi connectivity index (χ3v) is 3.76. The van der Waals surface area contributed by atoms with Gasteiger partial charge in [0.1, 0.15) is 6.61 Å². The number of rotatable bonds is 7. The fourth-order valence-electron chi connectivity index (χ4n) is 2.68. The number of cyclic esters (lactones) is 1. The van der Waals surface area contributed by atoms with Gasteiger partial charge in [0.25, 0.3) is 0 Å². The van der Waals surface area contributed by atoms with E-state index in [0.717, 1.165) is 29.9 Å². The van der Waals surface area contributed by atoms with Gasteiger partial charge in [0.15, 0.2) is 0 Å². The fraction of sp³-hybridized carbons (Fsp3) is 0.800. The summed E-state index contributed by atoms with van der Waals surface area (Å²) in [4.78, 5) is 11.5. The second kappa shape index (κ2) is 6.37. The SMILES string of the molecule is CC(C)CCCCCCC1OCC2=C1C(=O)OC2. The summed E-state index contributed by atoms with van der Waals surface area (Å²) < 4.78 is 10.7. The van der Waals surface area contributed by atoms with Gasteiger partial charge in [0.05, 0.1) is 18.3 Å². The van der Waals surface area contributed by atoms with Gasteiger partial charge in [-0.05, 0) is 12.3 Å². The Bertz CT molecular complexity index is 331. The lowest BCUT2D eigenvalue weighted by Crippen LogP contribution is -2.16. The van der Waals surface area contributed by atoms with E-state index in [4.69, 9.17) is 9.47 Å². The van der Waals surface area contributed by atoms with E-state index in [1.54, 1.807) is 0 Å². The van der Waals surface area contributed by atoms with Crippen molar-refractivity contribution in [2.75, 3.05) is 13.2 Å². The van der Waals surface area contributed by atoms with Crippen molar-refractivity contribution >= 4 is 5.97 Å². The van der Waals surface area contributed by atoms with Gasteiger partial charge in [-0.2, -0.15) is 0 Å². The largest absolute Gasteiger partial charge is 0.458 e. The summed E-state index contributed by atoms with van der Waals surface area (Å²) in [5.74, 6) is 0.663. The minimum atomic E-state index is -0.146. The van der Waals surface area contributed by atoms with Crippen molar-refractivity contribution in [1.29, 1.82) is 0 Å². The Labute approximate surface area is 110 Å². The standard InChI is InChI=1S/C15H24O3/c1-11(2)7-5-3-4-6-8-13-14-12(9-17-13)10-18-15(14)16/h11,13H,3-10H2,1-2H3. The maximum atomic E-state index is 11.5. The van der Waals surface area contributed by atoms with Crippen LogP contribution in [0.5, 0.6) is 0 Å². The molecule has 0 spiro atoms. The first-order valence-electron chi connectivity index (χ1n) is 7.19. The quantitative estimate of drug-likeness (QED) is 0.515. The lowest BCUT2D eigenvalue weighted by molar-refractivity contribution is -0.137. The number of ether oxygens (including phenoxy) is 2. The highest BCUT2D eigenvalue weighted by Gasteiger charge is 2.36. The first-order valence-corrected chi connectivity index (χ1v) is 7.19. The fourth-order valence-corrected chi connectivity index (χ4v) is 2.68. The van der Waals surface area contributed by atoms with E-state index in [9.17, 15) is 4.79 Å². The number of unbranched alkanes of at least 4 members (excludes halogenated alkanes) is 3. The minimum Gasteiger partial charge on any atom is -0.458 e. The van der Waals surface area contributed by atoms with Crippen LogP contribution in [-0.2, 0) is 14.3 Å². The van der Waals surface area contributed by atoms with Gasteiger partial charge in [0.2, 0.25) is 0 Å². The maximum Gasteiger partial charge on any atom is 0.337 e. The normalized spacial score (nSPS) is 22.8. The topological polar surface area (TPSA) is 35.5 Å². The van der Waals surface area contributed by atoms with Crippen molar-refractivity contribution < 1.29 is 14.3 Å². The van der Waals surface area contributed by atoms with Crippen molar-refractivity contribution in [3.8, 4) is 0 Å². The van der Waals surface area contributed by atoms with E-state index in [-0.39, 0.29) is 12.1 Å². The van der Waals surface area contributed by atoms with Crippen molar-refractivity contribution in [2.45, 2.75) is 58.5 Å². The molecule has 2 aliphatic heterocycles. The van der Waals surface area contributed by atoms with Crippen LogP contribution in [0.2, 0.25) is 0 Å². The molecule has 0 radical (unpaired) electrons. The second-order valence-corrected chi connectivity index (χ2v) is 5.78. The summed E-state index contributed by atoms with van der Waals surface area (Å²) in [5, 5.41) is 0. The summed E-state index contributed by atoms with van der Waals surface area (Å²) in [5.41, 5.74) is 1.90. The molecular weight excluding hydrogens is 228 g/mol. The maximum absolute atomic E-state index is 11.5. The number of hydrogen-bond donors (Lipinski definition) is 0. The number of esters is 1. The van der Waals surface area contributed by atoms with Crippen molar-refractivity contribution in [1.82, 2.24) is 0 Å². The van der Waals surface area contributed by atoms with Gasteiger partial charge < -0.3 is 9.47 Å². The van der Waals surface area contributed by atoms with Crippen molar-refractivity contribution in [3.63, 3.8) is 0 Å². The van der Waals surface area contributed by atoms with Gasteiger partial charge in [-0.1, -0.05) is 46.0 Å². The molecule has 0 saturated heterocycles. The Kier molecular flexibility index (Phi) is 4.81. The molecule has 0 bridgehead atoms. The average molecular weight is 252 g/mol. The number of carbonyl (C=O) groups excluding carboxylic acids is 1. The predicted octanol–water partition coefficient (Wildman–Crippen LogP) is 3.24. The molecule has 0 fully saturated rings. The van der Waals surface area contributed by atoms with Crippen molar-refractivity contribution in [2.24, 2.45) is 5.92 Å².